The van der Waals surface area contributed by atoms with Crippen LogP contribution < -0.4 is 17.2 Å². The topological polar surface area (TPSA) is 230 Å². The molecule has 0 aliphatic rings. The van der Waals surface area contributed by atoms with Gasteiger partial charge in [-0.3, -0.25) is 14.4 Å². The van der Waals surface area contributed by atoms with E-state index in [2.05, 4.69) is 5.73 Å². The van der Waals surface area contributed by atoms with Gasteiger partial charge in [-0.15, -0.1) is 0 Å². The zero-order chi connectivity index (χ0) is 16.9. The summed E-state index contributed by atoms with van der Waals surface area (Å²) in [6.45, 7) is 0.550. The second-order valence-electron chi connectivity index (χ2n) is 3.33. The fourth-order valence-corrected chi connectivity index (χ4v) is 0.284. The first-order valence-electron chi connectivity index (χ1n) is 5.18. The largest absolute Gasteiger partial charge is 0.480 e. The molecule has 0 spiro atoms. The van der Waals surface area contributed by atoms with E-state index in [-0.39, 0.29) is 6.54 Å². The van der Waals surface area contributed by atoms with Crippen LogP contribution in [0, 0.1) is 0 Å². The second kappa shape index (κ2) is 13.6. The van der Waals surface area contributed by atoms with Crippen LogP contribution >= 0.6 is 0 Å². The first-order chi connectivity index (χ1) is 9.00. The number of aliphatic carboxylic acids is 3. The van der Waals surface area contributed by atoms with Gasteiger partial charge in [0.15, 0.2) is 0 Å². The minimum Gasteiger partial charge on any atom is -0.480 e. The molecule has 0 bridgehead atoms. The van der Waals surface area contributed by atoms with E-state index in [4.69, 9.17) is 37.0 Å². The van der Waals surface area contributed by atoms with Crippen molar-refractivity contribution in [1.29, 1.82) is 0 Å². The molecule has 0 aliphatic carbocycles. The van der Waals surface area contributed by atoms with Crippen molar-refractivity contribution >= 4 is 17.9 Å². The van der Waals surface area contributed by atoms with Crippen LogP contribution in [-0.2, 0) is 14.4 Å². The van der Waals surface area contributed by atoms with Crippen LogP contribution in [0.1, 0.15) is 6.92 Å². The van der Waals surface area contributed by atoms with Gasteiger partial charge in [0.05, 0.1) is 19.3 Å². The number of rotatable bonds is 5. The summed E-state index contributed by atoms with van der Waals surface area (Å²) < 4.78 is 0. The standard InChI is InChI=1S/C4H9NO3.C3H7NO3.C2H5NO2/c1-2(6)3(5)4(7)8;4-2(1-5)3(6)7;3-1-2(4)5/h2-3,6H,5H2,1H3,(H,7,8);2,5H,1,4H2,(H,6,7);1,3H2,(H,4,5)/t2-,3+;2-;/m10./s1. The Morgan fingerprint density at radius 3 is 1.40 bits per heavy atom. The highest BCUT2D eigenvalue weighted by Gasteiger charge is 2.16. The average molecular weight is 299 g/mol. The maximum atomic E-state index is 9.86. The van der Waals surface area contributed by atoms with E-state index >= 15 is 0 Å². The Labute approximate surface area is 114 Å². The number of hydrogen-bond acceptors (Lipinski definition) is 8. The molecule has 0 saturated heterocycles. The molecule has 0 aromatic heterocycles. The minimum atomic E-state index is -1.18. The molecule has 11 nitrogen and oxygen atoms in total. The number of hydrogen-bond donors (Lipinski definition) is 8. The maximum Gasteiger partial charge on any atom is 0.323 e. The molecule has 20 heavy (non-hydrogen) atoms. The van der Waals surface area contributed by atoms with Crippen molar-refractivity contribution in [2.45, 2.75) is 25.1 Å². The van der Waals surface area contributed by atoms with Crippen molar-refractivity contribution in [2.24, 2.45) is 17.2 Å². The third kappa shape index (κ3) is 18.6. The van der Waals surface area contributed by atoms with Gasteiger partial charge >= 0.3 is 17.9 Å². The van der Waals surface area contributed by atoms with Crippen LogP contribution in [0.25, 0.3) is 0 Å². The van der Waals surface area contributed by atoms with Crippen molar-refractivity contribution in [2.75, 3.05) is 13.2 Å². The van der Waals surface area contributed by atoms with E-state index in [1.54, 1.807) is 0 Å². The fourth-order valence-electron chi connectivity index (χ4n) is 0.284. The molecule has 0 heterocycles. The van der Waals surface area contributed by atoms with Crippen molar-refractivity contribution in [3.05, 3.63) is 0 Å². The van der Waals surface area contributed by atoms with Crippen LogP contribution in [0.15, 0.2) is 0 Å². The van der Waals surface area contributed by atoms with E-state index in [0.717, 1.165) is 0 Å². The predicted molar refractivity (Wildman–Crippen MR) is 66.7 cm³/mol. The van der Waals surface area contributed by atoms with Gasteiger partial charge in [-0.2, -0.15) is 0 Å². The lowest BCUT2D eigenvalue weighted by molar-refractivity contribution is -0.141. The van der Waals surface area contributed by atoms with E-state index < -0.39 is 42.7 Å². The normalized spacial score (nSPS) is 13.5. The minimum absolute atomic E-state index is 0.278. The maximum absolute atomic E-state index is 9.86. The lowest BCUT2D eigenvalue weighted by Crippen LogP contribution is -2.39. The smallest absolute Gasteiger partial charge is 0.323 e. The Morgan fingerprint density at radius 2 is 1.40 bits per heavy atom. The summed E-state index contributed by atoms with van der Waals surface area (Å²) in [5, 5.41) is 40.0. The third-order valence-electron chi connectivity index (χ3n) is 1.49. The van der Waals surface area contributed by atoms with E-state index in [0.29, 0.717) is 0 Å². The molecular weight excluding hydrogens is 278 g/mol. The van der Waals surface area contributed by atoms with Crippen molar-refractivity contribution in [3.8, 4) is 0 Å². The Morgan fingerprint density at radius 1 is 1.05 bits per heavy atom. The predicted octanol–water partition coefficient (Wildman–Crippen LogP) is -3.80. The molecule has 11 heteroatoms. The number of aliphatic hydroxyl groups excluding tert-OH is 2. The summed E-state index contributed by atoms with van der Waals surface area (Å²) in [6, 6.07) is -2.28. The molecule has 3 atom stereocenters. The highest BCUT2D eigenvalue weighted by Crippen LogP contribution is 1.85. The van der Waals surface area contributed by atoms with Crippen LogP contribution in [0.4, 0.5) is 0 Å². The molecule has 0 fully saturated rings. The van der Waals surface area contributed by atoms with Gasteiger partial charge in [-0.1, -0.05) is 0 Å². The van der Waals surface area contributed by atoms with Crippen LogP contribution in [-0.4, -0.2) is 74.8 Å². The highest BCUT2D eigenvalue weighted by molar-refractivity contribution is 5.73. The third-order valence-corrected chi connectivity index (χ3v) is 1.49. The Hall–Kier alpha value is -1.79. The molecule has 0 radical (unpaired) electrons. The number of aliphatic hydroxyl groups is 2. The zero-order valence-electron chi connectivity index (χ0n) is 10.8. The van der Waals surface area contributed by atoms with Crippen LogP contribution in [0.5, 0.6) is 0 Å². The monoisotopic (exact) mass is 299 g/mol. The Kier molecular flexibility index (Phi) is 15.9. The Balaban J connectivity index is -0.000000223. The van der Waals surface area contributed by atoms with Gasteiger partial charge in [0, 0.05) is 0 Å². The SMILES string of the molecule is C[C@@H](O)[C@H](N)C(=O)O.NCC(=O)O.N[C@@H](CO)C(=O)O. The molecule has 11 N–H and O–H groups in total. The molecule has 120 valence electrons. The number of carboxylic acid groups (broad SMARTS) is 3. The van der Waals surface area contributed by atoms with Crippen molar-refractivity contribution in [3.63, 3.8) is 0 Å². The lowest BCUT2D eigenvalue weighted by atomic mass is 10.2. The molecule has 0 rings (SSSR count). The van der Waals surface area contributed by atoms with Crippen molar-refractivity contribution in [1.82, 2.24) is 0 Å². The lowest BCUT2D eigenvalue weighted by Gasteiger charge is -2.06. The highest BCUT2D eigenvalue weighted by atomic mass is 16.4. The molecule has 0 unspecified atom stereocenters. The van der Waals surface area contributed by atoms with Gasteiger partial charge in [0.2, 0.25) is 0 Å². The fraction of sp³-hybridized carbons (Fsp3) is 0.667. The molecule has 0 aliphatic heterocycles. The molecule has 0 amide bonds. The number of carbonyl (C=O) groups is 3. The molecule has 0 saturated carbocycles. The summed E-state index contributed by atoms with van der Waals surface area (Å²) >= 11 is 0. The number of nitrogens with two attached hydrogens (primary N) is 3. The average Bonchev–Trinajstić information content (AvgIpc) is 2.37. The Bertz CT molecular complexity index is 297. The summed E-state index contributed by atoms with van der Waals surface area (Å²) in [7, 11) is 0. The van der Waals surface area contributed by atoms with E-state index in [9.17, 15) is 14.4 Å². The van der Waals surface area contributed by atoms with Crippen LogP contribution in [0.2, 0.25) is 0 Å². The van der Waals surface area contributed by atoms with E-state index in [1.165, 1.54) is 6.92 Å². The van der Waals surface area contributed by atoms with Gasteiger partial charge in [0.25, 0.3) is 0 Å². The summed E-state index contributed by atoms with van der Waals surface area (Å²) in [6.07, 6.45) is -0.979. The van der Waals surface area contributed by atoms with Gasteiger partial charge in [-0.25, -0.2) is 0 Å². The number of carboxylic acids is 3. The van der Waals surface area contributed by atoms with Gasteiger partial charge < -0.3 is 42.7 Å². The first-order valence-corrected chi connectivity index (χ1v) is 5.18. The first kappa shape index (κ1) is 23.3. The zero-order valence-corrected chi connectivity index (χ0v) is 10.8. The quantitative estimate of drug-likeness (QED) is 0.245. The van der Waals surface area contributed by atoms with E-state index in [1.807, 2.05) is 0 Å². The summed E-state index contributed by atoms with van der Waals surface area (Å²) in [5.74, 6) is -3.33. The summed E-state index contributed by atoms with van der Waals surface area (Å²) in [4.78, 5) is 28.7. The molecular formula is C9H21N3O8. The second-order valence-corrected chi connectivity index (χ2v) is 3.33. The molecule has 0 aromatic carbocycles. The van der Waals surface area contributed by atoms with Gasteiger partial charge in [-0.05, 0) is 6.92 Å². The van der Waals surface area contributed by atoms with Gasteiger partial charge in [0.1, 0.15) is 12.1 Å². The summed E-state index contributed by atoms with van der Waals surface area (Å²) in [5.41, 5.74) is 14.2. The van der Waals surface area contributed by atoms with Crippen LogP contribution in [0.3, 0.4) is 0 Å². The van der Waals surface area contributed by atoms with Crippen molar-refractivity contribution < 1.29 is 39.9 Å². The molecule has 0 aromatic rings.